The van der Waals surface area contributed by atoms with Gasteiger partial charge in [0.15, 0.2) is 5.78 Å². The summed E-state index contributed by atoms with van der Waals surface area (Å²) in [7, 11) is -3.90. The van der Waals surface area contributed by atoms with Crippen LogP contribution in [0.1, 0.15) is 57.2 Å². The molecule has 0 spiro atoms. The summed E-state index contributed by atoms with van der Waals surface area (Å²) in [4.78, 5) is 25.0. The Bertz CT molecular complexity index is 1260. The van der Waals surface area contributed by atoms with Crippen LogP contribution in [-0.4, -0.2) is 20.2 Å². The lowest BCUT2D eigenvalue weighted by molar-refractivity contribution is 0.0472. The average Bonchev–Trinajstić information content (AvgIpc) is 2.76. The molecule has 0 saturated carbocycles. The maximum Gasteiger partial charge on any atom is 0.338 e. The van der Waals surface area contributed by atoms with Crippen molar-refractivity contribution in [1.82, 2.24) is 0 Å². The molecule has 5 nitrogen and oxygen atoms in total. The minimum atomic E-state index is -3.90. The molecule has 3 aromatic carbocycles. The summed E-state index contributed by atoms with van der Waals surface area (Å²) in [6.45, 7) is 4.27. The Labute approximate surface area is 175 Å². The van der Waals surface area contributed by atoms with Crippen molar-refractivity contribution in [2.24, 2.45) is 0 Å². The number of hydrogen-bond acceptors (Lipinski definition) is 5. The fourth-order valence-electron chi connectivity index (χ4n) is 3.44. The molecule has 1 heterocycles. The van der Waals surface area contributed by atoms with Gasteiger partial charge in [0.25, 0.3) is 0 Å². The maximum atomic E-state index is 13.0. The van der Waals surface area contributed by atoms with E-state index >= 15 is 0 Å². The summed E-state index contributed by atoms with van der Waals surface area (Å²) < 4.78 is 31.3. The van der Waals surface area contributed by atoms with Crippen molar-refractivity contribution < 1.29 is 22.7 Å². The van der Waals surface area contributed by atoms with Crippen LogP contribution in [0.25, 0.3) is 0 Å². The van der Waals surface area contributed by atoms with Gasteiger partial charge in [-0.05, 0) is 47.4 Å². The minimum absolute atomic E-state index is 0.0433. The molecule has 0 aromatic heterocycles. The lowest BCUT2D eigenvalue weighted by atomic mass is 10.0. The Morgan fingerprint density at radius 3 is 2.27 bits per heavy atom. The van der Waals surface area contributed by atoms with E-state index < -0.39 is 15.8 Å². The van der Waals surface area contributed by atoms with Crippen molar-refractivity contribution in [3.8, 4) is 0 Å². The van der Waals surface area contributed by atoms with Gasteiger partial charge in [0.05, 0.1) is 15.4 Å². The van der Waals surface area contributed by atoms with Gasteiger partial charge in [-0.15, -0.1) is 0 Å². The molecule has 0 N–H and O–H groups in total. The van der Waals surface area contributed by atoms with Gasteiger partial charge >= 0.3 is 5.97 Å². The molecule has 1 aliphatic rings. The Kier molecular flexibility index (Phi) is 5.03. The van der Waals surface area contributed by atoms with Crippen molar-refractivity contribution >= 4 is 21.6 Å². The van der Waals surface area contributed by atoms with E-state index in [1.165, 1.54) is 35.9 Å². The number of hydrogen-bond donors (Lipinski definition) is 0. The zero-order valence-corrected chi connectivity index (χ0v) is 17.4. The summed E-state index contributed by atoms with van der Waals surface area (Å²) in [5.74, 6) is -0.611. The Hall–Kier alpha value is -3.25. The minimum Gasteiger partial charge on any atom is -0.457 e. The van der Waals surface area contributed by atoms with Crippen LogP contribution in [0.2, 0.25) is 0 Å². The number of ketones is 1. The predicted molar refractivity (Wildman–Crippen MR) is 111 cm³/mol. The van der Waals surface area contributed by atoms with Gasteiger partial charge in [0.2, 0.25) is 9.84 Å². The first kappa shape index (κ1) is 20.0. The molecule has 0 atom stereocenters. The van der Waals surface area contributed by atoms with Crippen LogP contribution >= 0.6 is 0 Å². The highest BCUT2D eigenvalue weighted by atomic mass is 32.2. The quantitative estimate of drug-likeness (QED) is 0.453. The number of carbonyl (C=O) groups excluding carboxylic acids is 2. The fraction of sp³-hybridized carbons (Fsp3) is 0.167. The highest BCUT2D eigenvalue weighted by Gasteiger charge is 2.35. The predicted octanol–water partition coefficient (Wildman–Crippen LogP) is 4.54. The van der Waals surface area contributed by atoms with Crippen molar-refractivity contribution in [3.63, 3.8) is 0 Å². The zero-order valence-electron chi connectivity index (χ0n) is 16.6. The Balaban J connectivity index is 1.59. The lowest BCUT2D eigenvalue weighted by Crippen LogP contribution is -2.21. The molecule has 1 aliphatic heterocycles. The molecule has 0 aliphatic carbocycles. The van der Waals surface area contributed by atoms with E-state index in [1.54, 1.807) is 12.1 Å². The molecule has 0 saturated heterocycles. The summed E-state index contributed by atoms with van der Waals surface area (Å²) in [5.41, 5.74) is 2.32. The van der Waals surface area contributed by atoms with Crippen LogP contribution in [-0.2, 0) is 21.2 Å². The highest BCUT2D eigenvalue weighted by molar-refractivity contribution is 7.91. The topological polar surface area (TPSA) is 77.5 Å². The van der Waals surface area contributed by atoms with Crippen molar-refractivity contribution in [3.05, 3.63) is 94.5 Å². The van der Waals surface area contributed by atoms with Gasteiger partial charge < -0.3 is 4.74 Å². The first-order chi connectivity index (χ1) is 14.3. The van der Waals surface area contributed by atoms with Crippen molar-refractivity contribution in [1.29, 1.82) is 0 Å². The van der Waals surface area contributed by atoms with Crippen LogP contribution in [0.4, 0.5) is 0 Å². The second-order valence-electron chi connectivity index (χ2n) is 7.51. The molecule has 4 rings (SSSR count). The van der Waals surface area contributed by atoms with Crippen LogP contribution in [0.3, 0.4) is 0 Å². The van der Waals surface area contributed by atoms with Crippen molar-refractivity contribution in [2.75, 3.05) is 0 Å². The van der Waals surface area contributed by atoms with Crippen LogP contribution < -0.4 is 0 Å². The first-order valence-corrected chi connectivity index (χ1v) is 11.1. The summed E-state index contributed by atoms with van der Waals surface area (Å²) in [6.07, 6.45) is 0. The normalized spacial score (nSPS) is 14.2. The second-order valence-corrected chi connectivity index (χ2v) is 9.40. The van der Waals surface area contributed by atoms with E-state index in [2.05, 4.69) is 13.8 Å². The standard InChI is InChI=1S/C24H20O5S/c1-15(2)17-9-7-16(8-10-17)14-29-24(26)18-11-12-20-22(13-18)30(27,28)21-6-4-3-5-19(21)23(20)25/h3-13,15H,14H2,1-2H3. The Morgan fingerprint density at radius 2 is 1.57 bits per heavy atom. The first-order valence-electron chi connectivity index (χ1n) is 9.58. The van der Waals surface area contributed by atoms with E-state index in [9.17, 15) is 18.0 Å². The number of carbonyl (C=O) groups is 2. The van der Waals surface area contributed by atoms with Gasteiger partial charge in [0.1, 0.15) is 6.61 Å². The van der Waals surface area contributed by atoms with Gasteiger partial charge in [-0.3, -0.25) is 4.79 Å². The molecule has 6 heteroatoms. The summed E-state index contributed by atoms with van der Waals surface area (Å²) >= 11 is 0. The van der Waals surface area contributed by atoms with E-state index in [1.807, 2.05) is 24.3 Å². The molecule has 152 valence electrons. The highest BCUT2D eigenvalue weighted by Crippen LogP contribution is 2.34. The maximum absolute atomic E-state index is 13.0. The molecule has 30 heavy (non-hydrogen) atoms. The molecule has 0 amide bonds. The van der Waals surface area contributed by atoms with E-state index in [-0.39, 0.29) is 38.9 Å². The third-order valence-corrected chi connectivity index (χ3v) is 7.04. The molecule has 0 fully saturated rings. The number of benzene rings is 3. The van der Waals surface area contributed by atoms with Crippen molar-refractivity contribution in [2.45, 2.75) is 36.2 Å². The third kappa shape index (κ3) is 3.44. The average molecular weight is 420 g/mol. The van der Waals surface area contributed by atoms with Crippen LogP contribution in [0.15, 0.2) is 76.5 Å². The van der Waals surface area contributed by atoms with E-state index in [4.69, 9.17) is 4.74 Å². The molecule has 0 unspecified atom stereocenters. The second kappa shape index (κ2) is 7.54. The van der Waals surface area contributed by atoms with Gasteiger partial charge in [-0.25, -0.2) is 13.2 Å². The smallest absolute Gasteiger partial charge is 0.338 e. The van der Waals surface area contributed by atoms with Gasteiger partial charge in [-0.1, -0.05) is 50.2 Å². The Morgan fingerprint density at radius 1 is 0.900 bits per heavy atom. The number of sulfone groups is 1. The molecule has 3 aromatic rings. The monoisotopic (exact) mass is 420 g/mol. The molecule has 0 bridgehead atoms. The molecular weight excluding hydrogens is 400 g/mol. The summed E-state index contributed by atoms with van der Waals surface area (Å²) in [6, 6.07) is 17.9. The lowest BCUT2D eigenvalue weighted by Gasteiger charge is -2.19. The fourth-order valence-corrected chi connectivity index (χ4v) is 5.12. The van der Waals surface area contributed by atoms with Gasteiger partial charge in [0, 0.05) is 11.1 Å². The summed E-state index contributed by atoms with van der Waals surface area (Å²) in [5, 5.41) is 0. The third-order valence-electron chi connectivity index (χ3n) is 5.19. The van der Waals surface area contributed by atoms with E-state index in [0.29, 0.717) is 5.92 Å². The number of ether oxygens (including phenoxy) is 1. The van der Waals surface area contributed by atoms with Gasteiger partial charge in [-0.2, -0.15) is 0 Å². The molecule has 0 radical (unpaired) electrons. The zero-order chi connectivity index (χ0) is 21.5. The van der Waals surface area contributed by atoms with E-state index in [0.717, 1.165) is 5.56 Å². The number of rotatable bonds is 4. The number of fused-ring (bicyclic) bond motifs is 2. The number of esters is 1. The van der Waals surface area contributed by atoms with Crippen LogP contribution in [0, 0.1) is 0 Å². The molecular formula is C24H20O5S. The largest absolute Gasteiger partial charge is 0.457 e. The SMILES string of the molecule is CC(C)c1ccc(COC(=O)c2ccc3c(c2)S(=O)(=O)c2ccccc2C3=O)cc1. The van der Waals surface area contributed by atoms with Crippen LogP contribution in [0.5, 0.6) is 0 Å².